The van der Waals surface area contributed by atoms with E-state index in [2.05, 4.69) is 20.1 Å². The number of allylic oxidation sites excluding steroid dienone is 1. The SMILES string of the molecule is C=CC1CCCC(OC(=O)C(=C)C)C1C. The molecule has 0 aromatic carbocycles. The Morgan fingerprint density at radius 1 is 1.47 bits per heavy atom. The highest BCUT2D eigenvalue weighted by Crippen LogP contribution is 2.32. The van der Waals surface area contributed by atoms with Gasteiger partial charge in [0, 0.05) is 5.57 Å². The van der Waals surface area contributed by atoms with Crippen molar-refractivity contribution in [3.8, 4) is 0 Å². The highest BCUT2D eigenvalue weighted by atomic mass is 16.5. The van der Waals surface area contributed by atoms with E-state index in [9.17, 15) is 4.79 Å². The second kappa shape index (κ2) is 5.15. The van der Waals surface area contributed by atoms with Gasteiger partial charge in [0.2, 0.25) is 0 Å². The fourth-order valence-electron chi connectivity index (χ4n) is 2.09. The molecule has 0 aromatic rings. The Morgan fingerprint density at radius 2 is 2.13 bits per heavy atom. The van der Waals surface area contributed by atoms with Gasteiger partial charge in [0.1, 0.15) is 6.10 Å². The largest absolute Gasteiger partial charge is 0.459 e. The van der Waals surface area contributed by atoms with Gasteiger partial charge in [-0.05, 0) is 38.0 Å². The van der Waals surface area contributed by atoms with E-state index in [1.165, 1.54) is 0 Å². The van der Waals surface area contributed by atoms with Crippen molar-refractivity contribution in [2.45, 2.75) is 39.2 Å². The van der Waals surface area contributed by atoms with Gasteiger partial charge in [-0.25, -0.2) is 4.79 Å². The van der Waals surface area contributed by atoms with E-state index in [-0.39, 0.29) is 12.1 Å². The number of rotatable bonds is 3. The Balaban J connectivity index is 2.57. The molecule has 1 rings (SSSR count). The predicted molar refractivity (Wildman–Crippen MR) is 61.4 cm³/mol. The molecular weight excluding hydrogens is 188 g/mol. The van der Waals surface area contributed by atoms with Crippen LogP contribution in [-0.2, 0) is 9.53 Å². The van der Waals surface area contributed by atoms with E-state index in [1.54, 1.807) is 6.92 Å². The molecule has 0 amide bonds. The lowest BCUT2D eigenvalue weighted by atomic mass is 9.78. The van der Waals surface area contributed by atoms with E-state index in [4.69, 9.17) is 4.74 Å². The highest BCUT2D eigenvalue weighted by Gasteiger charge is 2.30. The summed E-state index contributed by atoms with van der Waals surface area (Å²) < 4.78 is 5.41. The fraction of sp³-hybridized carbons (Fsp3) is 0.615. The molecule has 84 valence electrons. The number of hydrogen-bond donors (Lipinski definition) is 0. The summed E-state index contributed by atoms with van der Waals surface area (Å²) in [5.41, 5.74) is 0.475. The van der Waals surface area contributed by atoms with Crippen LogP contribution in [0.3, 0.4) is 0 Å². The first-order valence-corrected chi connectivity index (χ1v) is 5.55. The summed E-state index contributed by atoms with van der Waals surface area (Å²) in [5, 5.41) is 0. The first-order valence-electron chi connectivity index (χ1n) is 5.55. The topological polar surface area (TPSA) is 26.3 Å². The van der Waals surface area contributed by atoms with Crippen LogP contribution >= 0.6 is 0 Å². The van der Waals surface area contributed by atoms with Crippen LogP contribution < -0.4 is 0 Å². The molecule has 1 aliphatic carbocycles. The van der Waals surface area contributed by atoms with Crippen LogP contribution in [0.25, 0.3) is 0 Å². The van der Waals surface area contributed by atoms with Gasteiger partial charge >= 0.3 is 5.97 Å². The Labute approximate surface area is 92.0 Å². The molecule has 0 bridgehead atoms. The minimum absolute atomic E-state index is 0.0333. The average Bonchev–Trinajstić information content (AvgIpc) is 2.21. The third kappa shape index (κ3) is 2.95. The van der Waals surface area contributed by atoms with Crippen molar-refractivity contribution in [1.29, 1.82) is 0 Å². The maximum atomic E-state index is 11.4. The van der Waals surface area contributed by atoms with E-state index in [0.29, 0.717) is 17.4 Å². The molecule has 0 spiro atoms. The summed E-state index contributed by atoms with van der Waals surface area (Å²) >= 11 is 0. The van der Waals surface area contributed by atoms with E-state index in [0.717, 1.165) is 19.3 Å². The van der Waals surface area contributed by atoms with Gasteiger partial charge < -0.3 is 4.74 Å². The van der Waals surface area contributed by atoms with Crippen LogP contribution in [0, 0.1) is 11.8 Å². The monoisotopic (exact) mass is 208 g/mol. The molecule has 2 nitrogen and oxygen atoms in total. The Kier molecular flexibility index (Phi) is 4.13. The van der Waals surface area contributed by atoms with Gasteiger partial charge in [-0.15, -0.1) is 6.58 Å². The lowest BCUT2D eigenvalue weighted by Gasteiger charge is -2.33. The van der Waals surface area contributed by atoms with E-state index in [1.807, 2.05) is 6.08 Å². The van der Waals surface area contributed by atoms with Crippen LogP contribution in [0.5, 0.6) is 0 Å². The van der Waals surface area contributed by atoms with E-state index >= 15 is 0 Å². The first kappa shape index (κ1) is 12.0. The van der Waals surface area contributed by atoms with Crippen molar-refractivity contribution in [2.24, 2.45) is 11.8 Å². The summed E-state index contributed by atoms with van der Waals surface area (Å²) in [5.74, 6) is 0.581. The Morgan fingerprint density at radius 3 is 2.67 bits per heavy atom. The van der Waals surface area contributed by atoms with Crippen LogP contribution in [0.2, 0.25) is 0 Å². The lowest BCUT2D eigenvalue weighted by Crippen LogP contribution is -2.33. The summed E-state index contributed by atoms with van der Waals surface area (Å²) in [7, 11) is 0. The molecule has 0 aliphatic heterocycles. The highest BCUT2D eigenvalue weighted by molar-refractivity contribution is 5.87. The van der Waals surface area contributed by atoms with Crippen molar-refractivity contribution < 1.29 is 9.53 Å². The van der Waals surface area contributed by atoms with Crippen molar-refractivity contribution in [3.05, 3.63) is 24.8 Å². The van der Waals surface area contributed by atoms with Gasteiger partial charge in [0.25, 0.3) is 0 Å². The number of hydrogen-bond acceptors (Lipinski definition) is 2. The molecule has 3 unspecified atom stereocenters. The van der Waals surface area contributed by atoms with Gasteiger partial charge in [-0.3, -0.25) is 0 Å². The molecule has 0 heterocycles. The second-order valence-corrected chi connectivity index (χ2v) is 4.41. The molecule has 0 radical (unpaired) electrons. The number of ether oxygens (including phenoxy) is 1. The average molecular weight is 208 g/mol. The predicted octanol–water partition coefficient (Wildman–Crippen LogP) is 3.10. The molecule has 0 aromatic heterocycles. The normalized spacial score (nSPS) is 30.7. The summed E-state index contributed by atoms with van der Waals surface area (Å²) in [6, 6.07) is 0. The van der Waals surface area contributed by atoms with Gasteiger partial charge in [0.05, 0.1) is 0 Å². The molecule has 1 fully saturated rings. The number of esters is 1. The second-order valence-electron chi connectivity index (χ2n) is 4.41. The maximum Gasteiger partial charge on any atom is 0.333 e. The van der Waals surface area contributed by atoms with Crippen molar-refractivity contribution in [3.63, 3.8) is 0 Å². The zero-order chi connectivity index (χ0) is 11.4. The Bertz CT molecular complexity index is 268. The lowest BCUT2D eigenvalue weighted by molar-refractivity contribution is -0.149. The summed E-state index contributed by atoms with van der Waals surface area (Å²) in [4.78, 5) is 11.4. The third-order valence-electron chi connectivity index (χ3n) is 3.20. The fourth-order valence-corrected chi connectivity index (χ4v) is 2.09. The first-order chi connectivity index (χ1) is 7.06. The minimum Gasteiger partial charge on any atom is -0.459 e. The molecule has 0 N–H and O–H groups in total. The van der Waals surface area contributed by atoms with Crippen LogP contribution in [0.4, 0.5) is 0 Å². The van der Waals surface area contributed by atoms with Gasteiger partial charge in [-0.2, -0.15) is 0 Å². The zero-order valence-electron chi connectivity index (χ0n) is 9.66. The van der Waals surface area contributed by atoms with Crippen LogP contribution in [0.1, 0.15) is 33.1 Å². The quantitative estimate of drug-likeness (QED) is 0.405. The van der Waals surface area contributed by atoms with Crippen molar-refractivity contribution in [2.75, 3.05) is 0 Å². The molecule has 3 atom stereocenters. The van der Waals surface area contributed by atoms with Crippen molar-refractivity contribution >= 4 is 5.97 Å². The van der Waals surface area contributed by atoms with Crippen LogP contribution in [0.15, 0.2) is 24.8 Å². The molecule has 1 aliphatic rings. The summed E-state index contributed by atoms with van der Waals surface area (Å²) in [6.07, 6.45) is 5.24. The molecule has 2 heteroatoms. The van der Waals surface area contributed by atoms with E-state index < -0.39 is 0 Å². The molecular formula is C13H20O2. The minimum atomic E-state index is -0.267. The molecule has 15 heavy (non-hydrogen) atoms. The van der Waals surface area contributed by atoms with Gasteiger partial charge in [-0.1, -0.05) is 19.6 Å². The summed E-state index contributed by atoms with van der Waals surface area (Å²) in [6.45, 7) is 11.2. The third-order valence-corrected chi connectivity index (χ3v) is 3.20. The van der Waals surface area contributed by atoms with Gasteiger partial charge in [0.15, 0.2) is 0 Å². The smallest absolute Gasteiger partial charge is 0.333 e. The molecule has 0 saturated heterocycles. The van der Waals surface area contributed by atoms with Crippen LogP contribution in [-0.4, -0.2) is 12.1 Å². The number of carbonyl (C=O) groups excluding carboxylic acids is 1. The van der Waals surface area contributed by atoms with Crippen molar-refractivity contribution in [1.82, 2.24) is 0 Å². The maximum absolute atomic E-state index is 11.4. The number of carbonyl (C=O) groups is 1. The standard InChI is InChI=1S/C13H20O2/c1-5-11-7-6-8-12(10(11)4)15-13(14)9(2)3/h5,10-12H,1-2,6-8H2,3-4H3. The zero-order valence-corrected chi connectivity index (χ0v) is 9.66. The Hall–Kier alpha value is -1.05. The molecule has 1 saturated carbocycles.